The molecule has 1 heterocycles. The number of hydrogen-bond donors (Lipinski definition) is 1. The molecular weight excluding hydrogens is 312 g/mol. The minimum absolute atomic E-state index is 0.0359. The summed E-state index contributed by atoms with van der Waals surface area (Å²) in [5.74, 6) is 0.546. The summed E-state index contributed by atoms with van der Waals surface area (Å²) in [6.07, 6.45) is 0.654. The Morgan fingerprint density at radius 3 is 2.68 bits per heavy atom. The van der Waals surface area contributed by atoms with E-state index in [9.17, 15) is 10.1 Å². The molecule has 0 atom stereocenters. The van der Waals surface area contributed by atoms with Crippen LogP contribution in [0.25, 0.3) is 11.4 Å². The molecule has 0 saturated heterocycles. The van der Waals surface area contributed by atoms with Gasteiger partial charge in [0, 0.05) is 6.07 Å². The van der Waals surface area contributed by atoms with Gasteiger partial charge >= 0.3 is 0 Å². The predicted molar refractivity (Wildman–Crippen MR) is 75.6 cm³/mol. The molecule has 0 bridgehead atoms. The van der Waals surface area contributed by atoms with Gasteiger partial charge in [0.25, 0.3) is 5.69 Å². The van der Waals surface area contributed by atoms with Crippen molar-refractivity contribution in [3.8, 4) is 11.4 Å². The molecule has 7 heteroatoms. The zero-order chi connectivity index (χ0) is 14.0. The topological polar surface area (TPSA) is 94.9 Å². The van der Waals surface area contributed by atoms with Crippen molar-refractivity contribution in [1.29, 1.82) is 0 Å². The first-order valence-corrected chi connectivity index (χ1v) is 6.39. The van der Waals surface area contributed by atoms with Gasteiger partial charge in [-0.2, -0.15) is 0 Å². The number of nitro benzene ring substituents is 1. The van der Waals surface area contributed by atoms with Crippen LogP contribution >= 0.6 is 15.9 Å². The lowest BCUT2D eigenvalue weighted by molar-refractivity contribution is -0.384. The van der Waals surface area contributed by atoms with Gasteiger partial charge < -0.3 is 5.73 Å². The number of anilines is 1. The van der Waals surface area contributed by atoms with Crippen LogP contribution in [0.5, 0.6) is 0 Å². The van der Waals surface area contributed by atoms with Gasteiger partial charge in [-0.15, -0.1) is 0 Å². The van der Waals surface area contributed by atoms with Crippen molar-refractivity contribution in [2.45, 2.75) is 13.3 Å². The van der Waals surface area contributed by atoms with Gasteiger partial charge in [-0.3, -0.25) is 10.1 Å². The van der Waals surface area contributed by atoms with Gasteiger partial charge in [0.2, 0.25) is 0 Å². The molecule has 0 saturated carbocycles. The third-order valence-corrected chi connectivity index (χ3v) is 3.49. The maximum absolute atomic E-state index is 11.0. The smallest absolute Gasteiger partial charge is 0.280 e. The van der Waals surface area contributed by atoms with E-state index in [4.69, 9.17) is 5.73 Å². The lowest BCUT2D eigenvalue weighted by atomic mass is 10.1. The van der Waals surface area contributed by atoms with E-state index in [0.29, 0.717) is 16.5 Å². The van der Waals surface area contributed by atoms with Crippen LogP contribution in [-0.2, 0) is 6.42 Å². The Balaban J connectivity index is 2.66. The first kappa shape index (κ1) is 13.4. The zero-order valence-corrected chi connectivity index (χ0v) is 11.7. The van der Waals surface area contributed by atoms with Crippen molar-refractivity contribution in [2.75, 3.05) is 5.73 Å². The fourth-order valence-electron chi connectivity index (χ4n) is 1.69. The first-order valence-electron chi connectivity index (χ1n) is 5.60. The number of nitrogens with two attached hydrogens (primary N) is 1. The Kier molecular flexibility index (Phi) is 3.75. The number of nitrogen functional groups attached to an aromatic ring is 1. The predicted octanol–water partition coefficient (Wildman–Crippen LogP) is 2.96. The van der Waals surface area contributed by atoms with E-state index in [1.807, 2.05) is 6.92 Å². The Labute approximate surface area is 118 Å². The van der Waals surface area contributed by atoms with E-state index in [-0.39, 0.29) is 17.3 Å². The standard InChI is InChI=1S/C12H11BrN4O2/c1-2-8-10(13)11(14)16-12(15-8)7-5-3-4-6-9(7)17(18)19/h3-6H,2H2,1H3,(H2,14,15,16). The number of hydrogen-bond acceptors (Lipinski definition) is 5. The summed E-state index contributed by atoms with van der Waals surface area (Å²) >= 11 is 3.31. The van der Waals surface area contributed by atoms with E-state index in [1.54, 1.807) is 18.2 Å². The van der Waals surface area contributed by atoms with E-state index < -0.39 is 4.92 Å². The average Bonchev–Trinajstić information content (AvgIpc) is 2.41. The monoisotopic (exact) mass is 322 g/mol. The molecule has 0 radical (unpaired) electrons. The summed E-state index contributed by atoms with van der Waals surface area (Å²) in [6, 6.07) is 6.34. The molecule has 0 amide bonds. The normalized spacial score (nSPS) is 10.4. The van der Waals surface area contributed by atoms with Crippen LogP contribution in [0.15, 0.2) is 28.7 Å². The van der Waals surface area contributed by atoms with Crippen molar-refractivity contribution in [3.05, 3.63) is 44.5 Å². The van der Waals surface area contributed by atoms with E-state index in [2.05, 4.69) is 25.9 Å². The molecule has 2 N–H and O–H groups in total. The second-order valence-corrected chi connectivity index (χ2v) is 4.61. The van der Waals surface area contributed by atoms with E-state index in [1.165, 1.54) is 6.07 Å². The second-order valence-electron chi connectivity index (χ2n) is 3.82. The molecule has 19 heavy (non-hydrogen) atoms. The second kappa shape index (κ2) is 5.31. The number of benzene rings is 1. The highest BCUT2D eigenvalue weighted by Crippen LogP contribution is 2.30. The molecule has 0 aliphatic heterocycles. The third-order valence-electron chi connectivity index (χ3n) is 2.62. The highest BCUT2D eigenvalue weighted by Gasteiger charge is 2.18. The van der Waals surface area contributed by atoms with E-state index >= 15 is 0 Å². The molecule has 1 aromatic carbocycles. The van der Waals surface area contributed by atoms with Crippen LogP contribution in [-0.4, -0.2) is 14.9 Å². The van der Waals surface area contributed by atoms with Crippen molar-refractivity contribution in [1.82, 2.24) is 9.97 Å². The highest BCUT2D eigenvalue weighted by atomic mass is 79.9. The molecule has 2 aromatic rings. The van der Waals surface area contributed by atoms with Crippen LogP contribution in [0.3, 0.4) is 0 Å². The lowest BCUT2D eigenvalue weighted by Gasteiger charge is -2.07. The van der Waals surface area contributed by atoms with Gasteiger partial charge in [0.1, 0.15) is 5.82 Å². The van der Waals surface area contributed by atoms with Crippen molar-refractivity contribution in [2.24, 2.45) is 0 Å². The minimum atomic E-state index is -0.456. The van der Waals surface area contributed by atoms with Crippen molar-refractivity contribution >= 4 is 27.4 Å². The highest BCUT2D eigenvalue weighted by molar-refractivity contribution is 9.10. The Bertz CT molecular complexity index is 646. The largest absolute Gasteiger partial charge is 0.383 e. The van der Waals surface area contributed by atoms with Gasteiger partial charge in [0.05, 0.1) is 20.7 Å². The summed E-state index contributed by atoms with van der Waals surface area (Å²) in [5, 5.41) is 11.0. The Morgan fingerprint density at radius 1 is 1.37 bits per heavy atom. The zero-order valence-electron chi connectivity index (χ0n) is 10.1. The third kappa shape index (κ3) is 2.55. The number of halogens is 1. The average molecular weight is 323 g/mol. The van der Waals surface area contributed by atoms with Crippen LogP contribution < -0.4 is 5.73 Å². The molecule has 0 aliphatic rings. The van der Waals surface area contributed by atoms with Gasteiger partial charge in [-0.05, 0) is 28.4 Å². The first-order chi connectivity index (χ1) is 9.04. The summed E-state index contributed by atoms with van der Waals surface area (Å²) in [5.41, 5.74) is 6.84. The molecule has 1 aromatic heterocycles. The minimum Gasteiger partial charge on any atom is -0.383 e. The number of para-hydroxylation sites is 1. The maximum Gasteiger partial charge on any atom is 0.280 e. The molecule has 0 aliphatic carbocycles. The fraction of sp³-hybridized carbons (Fsp3) is 0.167. The van der Waals surface area contributed by atoms with Crippen LogP contribution in [0, 0.1) is 10.1 Å². The summed E-state index contributed by atoms with van der Waals surface area (Å²) in [7, 11) is 0. The number of rotatable bonds is 3. The molecule has 6 nitrogen and oxygen atoms in total. The lowest BCUT2D eigenvalue weighted by Crippen LogP contribution is -2.03. The molecule has 0 unspecified atom stereocenters. The Hall–Kier alpha value is -2.02. The van der Waals surface area contributed by atoms with Gasteiger partial charge in [0.15, 0.2) is 5.82 Å². The van der Waals surface area contributed by atoms with Gasteiger partial charge in [-0.25, -0.2) is 9.97 Å². The number of nitro groups is 1. The van der Waals surface area contributed by atoms with Crippen molar-refractivity contribution in [3.63, 3.8) is 0 Å². The molecule has 0 spiro atoms. The van der Waals surface area contributed by atoms with Crippen LogP contribution in [0.1, 0.15) is 12.6 Å². The Morgan fingerprint density at radius 2 is 2.05 bits per heavy atom. The number of aromatic nitrogens is 2. The molecule has 0 fully saturated rings. The SMILES string of the molecule is CCc1nc(-c2ccccc2[N+](=O)[O-])nc(N)c1Br. The fourth-order valence-corrected chi connectivity index (χ4v) is 2.15. The molecule has 2 rings (SSSR count). The summed E-state index contributed by atoms with van der Waals surface area (Å²) in [6.45, 7) is 1.93. The summed E-state index contributed by atoms with van der Waals surface area (Å²) in [4.78, 5) is 19.0. The van der Waals surface area contributed by atoms with Crippen LogP contribution in [0.2, 0.25) is 0 Å². The van der Waals surface area contributed by atoms with E-state index in [0.717, 1.165) is 5.69 Å². The van der Waals surface area contributed by atoms with Crippen molar-refractivity contribution < 1.29 is 4.92 Å². The van der Waals surface area contributed by atoms with Gasteiger partial charge in [-0.1, -0.05) is 19.1 Å². The maximum atomic E-state index is 11.0. The number of nitrogens with zero attached hydrogens (tertiary/aromatic N) is 3. The molecule has 98 valence electrons. The number of aryl methyl sites for hydroxylation is 1. The van der Waals surface area contributed by atoms with Crippen LogP contribution in [0.4, 0.5) is 11.5 Å². The quantitative estimate of drug-likeness (QED) is 0.692. The summed E-state index contributed by atoms with van der Waals surface area (Å²) < 4.78 is 0.636. The molecular formula is C12H11BrN4O2.